The lowest BCUT2D eigenvalue weighted by Crippen LogP contribution is -2.27. The number of halogens is 3. The third-order valence-corrected chi connectivity index (χ3v) is 3.95. The predicted octanol–water partition coefficient (Wildman–Crippen LogP) is 4.22. The molecule has 0 aliphatic carbocycles. The molecule has 0 heterocycles. The first kappa shape index (κ1) is 18.0. The molecule has 0 bridgehead atoms. The van der Waals surface area contributed by atoms with Gasteiger partial charge in [0.05, 0.1) is 12.0 Å². The van der Waals surface area contributed by atoms with Gasteiger partial charge in [0, 0.05) is 6.54 Å². The van der Waals surface area contributed by atoms with Crippen LogP contribution in [0.4, 0.5) is 13.2 Å². The number of aryl methyl sites for hydroxylation is 2. The lowest BCUT2D eigenvalue weighted by Gasteiger charge is -2.09. The van der Waals surface area contributed by atoms with Crippen LogP contribution in [0.25, 0.3) is 0 Å². The number of amides is 1. The molecule has 0 unspecified atom stereocenters. The Labute approximate surface area is 139 Å². The van der Waals surface area contributed by atoms with E-state index in [0.29, 0.717) is 19.4 Å². The Morgan fingerprint density at radius 2 is 1.58 bits per heavy atom. The number of nitrogens with one attached hydrogen (secondary N) is 1. The van der Waals surface area contributed by atoms with Crippen molar-refractivity contribution in [1.29, 1.82) is 0 Å². The second kappa shape index (κ2) is 7.51. The summed E-state index contributed by atoms with van der Waals surface area (Å²) in [7, 11) is 0. The topological polar surface area (TPSA) is 29.1 Å². The van der Waals surface area contributed by atoms with Crippen molar-refractivity contribution in [2.45, 2.75) is 32.9 Å². The molecule has 0 fully saturated rings. The van der Waals surface area contributed by atoms with Crippen LogP contribution in [0.15, 0.2) is 42.5 Å². The molecular weight excluding hydrogens is 315 g/mol. The minimum atomic E-state index is -4.32. The van der Waals surface area contributed by atoms with Crippen molar-refractivity contribution in [3.63, 3.8) is 0 Å². The lowest BCUT2D eigenvalue weighted by molar-refractivity contribution is -0.137. The molecule has 0 spiro atoms. The first-order valence-electron chi connectivity index (χ1n) is 7.74. The highest BCUT2D eigenvalue weighted by molar-refractivity contribution is 5.78. The van der Waals surface area contributed by atoms with Crippen molar-refractivity contribution in [1.82, 2.24) is 5.32 Å². The van der Waals surface area contributed by atoms with Gasteiger partial charge in [-0.05, 0) is 54.7 Å². The van der Waals surface area contributed by atoms with E-state index in [1.165, 1.54) is 17.7 Å². The van der Waals surface area contributed by atoms with E-state index in [-0.39, 0.29) is 5.91 Å². The van der Waals surface area contributed by atoms with Gasteiger partial charge in [-0.3, -0.25) is 4.79 Å². The first-order chi connectivity index (χ1) is 11.3. The number of hydrogen-bond donors (Lipinski definition) is 1. The molecule has 128 valence electrons. The van der Waals surface area contributed by atoms with Crippen molar-refractivity contribution in [2.75, 3.05) is 6.54 Å². The van der Waals surface area contributed by atoms with Gasteiger partial charge in [0.25, 0.3) is 0 Å². The van der Waals surface area contributed by atoms with Gasteiger partial charge >= 0.3 is 6.18 Å². The van der Waals surface area contributed by atoms with Crippen LogP contribution in [0.1, 0.15) is 27.8 Å². The molecule has 2 aromatic carbocycles. The zero-order valence-electron chi connectivity index (χ0n) is 13.7. The highest BCUT2D eigenvalue weighted by Gasteiger charge is 2.29. The van der Waals surface area contributed by atoms with Crippen molar-refractivity contribution in [3.8, 4) is 0 Å². The molecule has 0 atom stereocenters. The molecular formula is C19H20F3NO. The Balaban J connectivity index is 1.81. The van der Waals surface area contributed by atoms with Gasteiger partial charge in [-0.2, -0.15) is 13.2 Å². The van der Waals surface area contributed by atoms with E-state index in [9.17, 15) is 18.0 Å². The van der Waals surface area contributed by atoms with Crippen LogP contribution in [0, 0.1) is 13.8 Å². The van der Waals surface area contributed by atoms with E-state index in [1.807, 2.05) is 32.0 Å². The molecule has 1 amide bonds. The number of alkyl halides is 3. The zero-order valence-corrected chi connectivity index (χ0v) is 13.7. The van der Waals surface area contributed by atoms with Crippen LogP contribution < -0.4 is 5.32 Å². The number of benzene rings is 2. The van der Waals surface area contributed by atoms with E-state index < -0.39 is 11.7 Å². The van der Waals surface area contributed by atoms with Crippen molar-refractivity contribution in [3.05, 3.63) is 70.3 Å². The minimum Gasteiger partial charge on any atom is -0.355 e. The number of hydrogen-bond acceptors (Lipinski definition) is 1. The quantitative estimate of drug-likeness (QED) is 0.871. The van der Waals surface area contributed by atoms with E-state index in [2.05, 4.69) is 5.32 Å². The number of carbonyl (C=O) groups is 1. The van der Waals surface area contributed by atoms with E-state index >= 15 is 0 Å². The van der Waals surface area contributed by atoms with Crippen LogP contribution in [-0.4, -0.2) is 12.5 Å². The van der Waals surface area contributed by atoms with Crippen LogP contribution in [-0.2, 0) is 23.8 Å². The fourth-order valence-corrected chi connectivity index (χ4v) is 2.37. The van der Waals surface area contributed by atoms with E-state index in [0.717, 1.165) is 28.8 Å². The molecule has 24 heavy (non-hydrogen) atoms. The fourth-order valence-electron chi connectivity index (χ4n) is 2.37. The smallest absolute Gasteiger partial charge is 0.355 e. The van der Waals surface area contributed by atoms with Gasteiger partial charge in [-0.1, -0.05) is 30.3 Å². The third-order valence-electron chi connectivity index (χ3n) is 3.95. The Morgan fingerprint density at radius 1 is 0.958 bits per heavy atom. The van der Waals surface area contributed by atoms with Crippen molar-refractivity contribution >= 4 is 5.91 Å². The molecule has 1 N–H and O–H groups in total. The standard InChI is InChI=1S/C19H20F3NO/c1-13-3-4-16(11-14(13)2)12-18(24)23-10-9-15-5-7-17(8-6-15)19(20,21)22/h3-8,11H,9-10,12H2,1-2H3,(H,23,24). The Morgan fingerprint density at radius 3 is 2.17 bits per heavy atom. The molecule has 5 heteroatoms. The Hall–Kier alpha value is -2.30. The molecule has 0 radical (unpaired) electrons. The molecule has 0 aromatic heterocycles. The van der Waals surface area contributed by atoms with Gasteiger partial charge in [0.1, 0.15) is 0 Å². The molecule has 0 aliphatic rings. The normalized spacial score (nSPS) is 11.4. The summed E-state index contributed by atoms with van der Waals surface area (Å²) in [5, 5.41) is 2.80. The van der Waals surface area contributed by atoms with Crippen molar-refractivity contribution in [2.24, 2.45) is 0 Å². The maximum absolute atomic E-state index is 12.5. The highest BCUT2D eigenvalue weighted by atomic mass is 19.4. The molecule has 0 saturated heterocycles. The van der Waals surface area contributed by atoms with E-state index in [1.54, 1.807) is 0 Å². The summed E-state index contributed by atoms with van der Waals surface area (Å²) >= 11 is 0. The van der Waals surface area contributed by atoms with Crippen LogP contribution in [0.2, 0.25) is 0 Å². The summed E-state index contributed by atoms with van der Waals surface area (Å²) < 4.78 is 37.4. The second-order valence-corrected chi connectivity index (χ2v) is 5.89. The van der Waals surface area contributed by atoms with Gasteiger partial charge in [0.15, 0.2) is 0 Å². The monoisotopic (exact) mass is 335 g/mol. The number of rotatable bonds is 5. The summed E-state index contributed by atoms with van der Waals surface area (Å²) in [4.78, 5) is 11.9. The van der Waals surface area contributed by atoms with Gasteiger partial charge in [-0.15, -0.1) is 0 Å². The number of carbonyl (C=O) groups excluding carboxylic acids is 1. The summed E-state index contributed by atoms with van der Waals surface area (Å²) in [6.45, 7) is 4.42. The first-order valence-corrected chi connectivity index (χ1v) is 7.74. The third kappa shape index (κ3) is 5.11. The maximum atomic E-state index is 12.5. The minimum absolute atomic E-state index is 0.0924. The maximum Gasteiger partial charge on any atom is 0.416 e. The van der Waals surface area contributed by atoms with Crippen LogP contribution in [0.5, 0.6) is 0 Å². The summed E-state index contributed by atoms with van der Waals surface area (Å²) in [6.07, 6.45) is -3.52. The molecule has 0 aliphatic heterocycles. The second-order valence-electron chi connectivity index (χ2n) is 5.89. The fraction of sp³-hybridized carbons (Fsp3) is 0.316. The summed E-state index contributed by atoms with van der Waals surface area (Å²) in [5.41, 5.74) is 3.37. The van der Waals surface area contributed by atoms with Crippen LogP contribution >= 0.6 is 0 Å². The van der Waals surface area contributed by atoms with E-state index in [4.69, 9.17) is 0 Å². The molecule has 2 rings (SSSR count). The van der Waals surface area contributed by atoms with Gasteiger partial charge in [-0.25, -0.2) is 0 Å². The molecule has 0 saturated carbocycles. The average molecular weight is 335 g/mol. The zero-order chi connectivity index (χ0) is 17.7. The Bertz CT molecular complexity index is 706. The highest BCUT2D eigenvalue weighted by Crippen LogP contribution is 2.29. The largest absolute Gasteiger partial charge is 0.416 e. The van der Waals surface area contributed by atoms with Gasteiger partial charge < -0.3 is 5.32 Å². The Kier molecular flexibility index (Phi) is 5.65. The summed E-state index contributed by atoms with van der Waals surface area (Å²) in [6, 6.07) is 10.9. The molecule has 2 aromatic rings. The van der Waals surface area contributed by atoms with Crippen LogP contribution in [0.3, 0.4) is 0 Å². The average Bonchev–Trinajstić information content (AvgIpc) is 2.50. The summed E-state index contributed by atoms with van der Waals surface area (Å²) in [5.74, 6) is -0.0924. The predicted molar refractivity (Wildman–Crippen MR) is 87.8 cm³/mol. The van der Waals surface area contributed by atoms with Gasteiger partial charge in [0.2, 0.25) is 5.91 Å². The SMILES string of the molecule is Cc1ccc(CC(=O)NCCc2ccc(C(F)(F)F)cc2)cc1C. The lowest BCUT2D eigenvalue weighted by atomic mass is 10.0. The van der Waals surface area contributed by atoms with Crippen molar-refractivity contribution < 1.29 is 18.0 Å². The molecule has 2 nitrogen and oxygen atoms in total.